The molecule has 0 saturated heterocycles. The minimum absolute atomic E-state index is 0.00963. The maximum absolute atomic E-state index is 12.8. The first-order valence-electron chi connectivity index (χ1n) is 6.80. The van der Waals surface area contributed by atoms with E-state index in [2.05, 4.69) is 6.07 Å². The van der Waals surface area contributed by atoms with E-state index in [4.69, 9.17) is 4.74 Å². The fraction of sp³-hybridized carbons (Fsp3) is 0.235. The molecule has 0 aromatic heterocycles. The van der Waals surface area contributed by atoms with Gasteiger partial charge in [0.2, 0.25) is 0 Å². The van der Waals surface area contributed by atoms with E-state index in [1.807, 2.05) is 48.5 Å². The summed E-state index contributed by atoms with van der Waals surface area (Å²) in [5.74, 6) is -0.00963. The van der Waals surface area contributed by atoms with Gasteiger partial charge in [-0.15, -0.1) is 0 Å². The standard InChI is InChI=1S/C17H17NO2/c1-20-16-12-11-13-7-5-6-10-15(13)18(16)17(19)14-8-3-2-4-9-14/h2-10,16H,11-12H2,1H3. The van der Waals surface area contributed by atoms with Gasteiger partial charge in [-0.05, 0) is 36.6 Å². The van der Waals surface area contributed by atoms with Gasteiger partial charge in [0.25, 0.3) is 5.91 Å². The first kappa shape index (κ1) is 12.9. The van der Waals surface area contributed by atoms with Gasteiger partial charge in [-0.25, -0.2) is 0 Å². The summed E-state index contributed by atoms with van der Waals surface area (Å²) >= 11 is 0. The second kappa shape index (κ2) is 5.47. The third kappa shape index (κ3) is 2.21. The van der Waals surface area contributed by atoms with Gasteiger partial charge in [-0.1, -0.05) is 36.4 Å². The molecule has 1 unspecified atom stereocenters. The Morgan fingerprint density at radius 2 is 1.80 bits per heavy atom. The molecule has 1 heterocycles. The van der Waals surface area contributed by atoms with Crippen molar-refractivity contribution in [3.05, 3.63) is 65.7 Å². The number of carbonyl (C=O) groups excluding carboxylic acids is 1. The summed E-state index contributed by atoms with van der Waals surface area (Å²) < 4.78 is 5.51. The number of ether oxygens (including phenoxy) is 1. The minimum atomic E-state index is -0.197. The second-order valence-electron chi connectivity index (χ2n) is 4.90. The van der Waals surface area contributed by atoms with Crippen LogP contribution in [0.2, 0.25) is 0 Å². The third-order valence-electron chi connectivity index (χ3n) is 3.71. The minimum Gasteiger partial charge on any atom is -0.361 e. The van der Waals surface area contributed by atoms with E-state index in [0.29, 0.717) is 5.56 Å². The number of rotatable bonds is 2. The maximum Gasteiger partial charge on any atom is 0.260 e. The Balaban J connectivity index is 2.03. The highest BCUT2D eigenvalue weighted by Gasteiger charge is 2.31. The Morgan fingerprint density at radius 1 is 1.10 bits per heavy atom. The number of methoxy groups -OCH3 is 1. The van der Waals surface area contributed by atoms with Crippen molar-refractivity contribution in [1.82, 2.24) is 0 Å². The highest BCUT2D eigenvalue weighted by atomic mass is 16.5. The number of fused-ring (bicyclic) bond motifs is 1. The van der Waals surface area contributed by atoms with Crippen LogP contribution in [-0.2, 0) is 11.2 Å². The van der Waals surface area contributed by atoms with Gasteiger partial charge >= 0.3 is 0 Å². The van der Waals surface area contributed by atoms with E-state index in [1.54, 1.807) is 12.0 Å². The average molecular weight is 267 g/mol. The lowest BCUT2D eigenvalue weighted by molar-refractivity contribution is 0.0690. The van der Waals surface area contributed by atoms with E-state index in [9.17, 15) is 4.79 Å². The number of benzene rings is 2. The molecule has 3 heteroatoms. The molecule has 3 nitrogen and oxygen atoms in total. The van der Waals surface area contributed by atoms with E-state index in [0.717, 1.165) is 18.5 Å². The molecule has 0 aliphatic carbocycles. The molecule has 2 aromatic rings. The molecule has 0 N–H and O–H groups in total. The molecule has 20 heavy (non-hydrogen) atoms. The molecule has 0 bridgehead atoms. The predicted molar refractivity (Wildman–Crippen MR) is 78.8 cm³/mol. The van der Waals surface area contributed by atoms with Crippen LogP contribution in [0, 0.1) is 0 Å². The molecule has 0 radical (unpaired) electrons. The van der Waals surface area contributed by atoms with Crippen molar-refractivity contribution in [2.45, 2.75) is 19.1 Å². The summed E-state index contributed by atoms with van der Waals surface area (Å²) in [5, 5.41) is 0. The van der Waals surface area contributed by atoms with Crippen LogP contribution in [0.15, 0.2) is 54.6 Å². The molecule has 1 aliphatic heterocycles. The number of amides is 1. The van der Waals surface area contributed by atoms with E-state index < -0.39 is 0 Å². The lowest BCUT2D eigenvalue weighted by Gasteiger charge is -2.36. The highest BCUT2D eigenvalue weighted by molar-refractivity contribution is 6.07. The Hall–Kier alpha value is -2.13. The van der Waals surface area contributed by atoms with Gasteiger partial charge < -0.3 is 4.74 Å². The summed E-state index contributed by atoms with van der Waals surface area (Å²) in [5.41, 5.74) is 2.84. The van der Waals surface area contributed by atoms with Crippen molar-refractivity contribution in [3.63, 3.8) is 0 Å². The van der Waals surface area contributed by atoms with Crippen LogP contribution in [0.3, 0.4) is 0 Å². The monoisotopic (exact) mass is 267 g/mol. The predicted octanol–water partition coefficient (Wildman–Crippen LogP) is 3.25. The zero-order valence-corrected chi connectivity index (χ0v) is 11.5. The summed E-state index contributed by atoms with van der Waals surface area (Å²) in [4.78, 5) is 14.5. The topological polar surface area (TPSA) is 29.5 Å². The Labute approximate surface area is 118 Å². The fourth-order valence-corrected chi connectivity index (χ4v) is 2.70. The number of para-hydroxylation sites is 1. The molecular formula is C17H17NO2. The van der Waals surface area contributed by atoms with Crippen LogP contribution in [0.5, 0.6) is 0 Å². The first-order chi connectivity index (χ1) is 9.81. The maximum atomic E-state index is 12.8. The molecule has 1 aliphatic rings. The fourth-order valence-electron chi connectivity index (χ4n) is 2.70. The smallest absolute Gasteiger partial charge is 0.260 e. The van der Waals surface area contributed by atoms with E-state index in [1.165, 1.54) is 5.56 Å². The first-order valence-corrected chi connectivity index (χ1v) is 6.80. The molecule has 0 saturated carbocycles. The quantitative estimate of drug-likeness (QED) is 0.836. The molecule has 1 amide bonds. The summed E-state index contributed by atoms with van der Waals surface area (Å²) in [6.07, 6.45) is 1.57. The number of hydrogen-bond donors (Lipinski definition) is 0. The number of carbonyl (C=O) groups is 1. The van der Waals surface area contributed by atoms with Crippen LogP contribution < -0.4 is 4.90 Å². The zero-order valence-electron chi connectivity index (χ0n) is 11.5. The lowest BCUT2D eigenvalue weighted by Crippen LogP contribution is -2.44. The normalized spacial score (nSPS) is 17.6. The van der Waals surface area contributed by atoms with Crippen LogP contribution in [0.4, 0.5) is 5.69 Å². The third-order valence-corrected chi connectivity index (χ3v) is 3.71. The lowest BCUT2D eigenvalue weighted by atomic mass is 9.99. The largest absolute Gasteiger partial charge is 0.361 e. The van der Waals surface area contributed by atoms with Crippen molar-refractivity contribution in [2.75, 3.05) is 12.0 Å². The van der Waals surface area contributed by atoms with Gasteiger partial charge in [-0.2, -0.15) is 0 Å². The molecule has 0 spiro atoms. The SMILES string of the molecule is COC1CCc2ccccc2N1C(=O)c1ccccc1. The molecule has 102 valence electrons. The highest BCUT2D eigenvalue weighted by Crippen LogP contribution is 2.32. The van der Waals surface area contributed by atoms with Crippen molar-refractivity contribution in [1.29, 1.82) is 0 Å². The summed E-state index contributed by atoms with van der Waals surface area (Å²) in [7, 11) is 1.66. The van der Waals surface area contributed by atoms with Gasteiger partial charge in [0.15, 0.2) is 0 Å². The number of anilines is 1. The van der Waals surface area contributed by atoms with Crippen molar-refractivity contribution >= 4 is 11.6 Å². The van der Waals surface area contributed by atoms with E-state index in [-0.39, 0.29) is 12.1 Å². The van der Waals surface area contributed by atoms with Crippen molar-refractivity contribution in [3.8, 4) is 0 Å². The van der Waals surface area contributed by atoms with Gasteiger partial charge in [0.05, 0.1) is 0 Å². The number of hydrogen-bond acceptors (Lipinski definition) is 2. The zero-order chi connectivity index (χ0) is 13.9. The van der Waals surface area contributed by atoms with Crippen LogP contribution in [-0.4, -0.2) is 19.2 Å². The van der Waals surface area contributed by atoms with Gasteiger partial charge in [0, 0.05) is 18.4 Å². The second-order valence-corrected chi connectivity index (χ2v) is 4.90. The Bertz CT molecular complexity index is 609. The Morgan fingerprint density at radius 3 is 2.55 bits per heavy atom. The summed E-state index contributed by atoms with van der Waals surface area (Å²) in [6, 6.07) is 17.4. The average Bonchev–Trinajstić information content (AvgIpc) is 2.54. The van der Waals surface area contributed by atoms with Crippen molar-refractivity contribution in [2.24, 2.45) is 0 Å². The number of aryl methyl sites for hydroxylation is 1. The van der Waals surface area contributed by atoms with Gasteiger partial charge in [-0.3, -0.25) is 9.69 Å². The van der Waals surface area contributed by atoms with E-state index >= 15 is 0 Å². The van der Waals surface area contributed by atoms with Gasteiger partial charge in [0.1, 0.15) is 6.23 Å². The number of nitrogens with zero attached hydrogens (tertiary/aromatic N) is 1. The van der Waals surface area contributed by atoms with Crippen molar-refractivity contribution < 1.29 is 9.53 Å². The van der Waals surface area contributed by atoms with Crippen LogP contribution in [0.1, 0.15) is 22.3 Å². The Kier molecular flexibility index (Phi) is 3.52. The van der Waals surface area contributed by atoms with Crippen LogP contribution >= 0.6 is 0 Å². The summed E-state index contributed by atoms with van der Waals surface area (Å²) in [6.45, 7) is 0. The molecule has 3 rings (SSSR count). The van der Waals surface area contributed by atoms with Crippen LogP contribution in [0.25, 0.3) is 0 Å². The molecular weight excluding hydrogens is 250 g/mol. The molecule has 0 fully saturated rings. The molecule has 2 aromatic carbocycles. The molecule has 1 atom stereocenters.